The molecule has 0 bridgehead atoms. The number of likely N-dealkylation sites (N-methyl/N-ethyl adjacent to an activating group) is 1. The van der Waals surface area contributed by atoms with Crippen molar-refractivity contribution >= 4 is 64.5 Å². The second-order valence-corrected chi connectivity index (χ2v) is 15.9. The van der Waals surface area contributed by atoms with Crippen molar-refractivity contribution in [1.82, 2.24) is 19.8 Å². The summed E-state index contributed by atoms with van der Waals surface area (Å²) >= 11 is 6.50. The number of anilines is 6. The van der Waals surface area contributed by atoms with Crippen molar-refractivity contribution in [2.45, 2.75) is 25.8 Å². The summed E-state index contributed by atoms with van der Waals surface area (Å²) in [6.07, 6.45) is 4.84. The number of piperidine rings is 1. The minimum absolute atomic E-state index is 0.261. The van der Waals surface area contributed by atoms with E-state index in [9.17, 15) is 9.36 Å². The van der Waals surface area contributed by atoms with Gasteiger partial charge in [0, 0.05) is 56.7 Å². The summed E-state index contributed by atoms with van der Waals surface area (Å²) in [6, 6.07) is 10.1. The van der Waals surface area contributed by atoms with Crippen molar-refractivity contribution in [2.75, 3.05) is 87.6 Å². The van der Waals surface area contributed by atoms with Gasteiger partial charge in [-0.05, 0) is 64.4 Å². The molecule has 0 atom stereocenters. The Bertz CT molecular complexity index is 1630. The van der Waals surface area contributed by atoms with E-state index in [0.29, 0.717) is 45.0 Å². The summed E-state index contributed by atoms with van der Waals surface area (Å²) < 4.78 is 18.9. The van der Waals surface area contributed by atoms with Crippen molar-refractivity contribution < 1.29 is 14.1 Å². The third-order valence-corrected chi connectivity index (χ3v) is 10.4. The second-order valence-electron chi connectivity index (χ2n) is 12.3. The number of carbonyl (C=O) groups is 1. The molecule has 11 nitrogen and oxygen atoms in total. The number of amides is 1. The van der Waals surface area contributed by atoms with Crippen molar-refractivity contribution in [3.8, 4) is 5.75 Å². The highest BCUT2D eigenvalue weighted by Crippen LogP contribution is 2.41. The topological polar surface area (TPSA) is 115 Å². The van der Waals surface area contributed by atoms with E-state index >= 15 is 0 Å². The summed E-state index contributed by atoms with van der Waals surface area (Å²) in [5.74, 6) is 0.880. The molecule has 0 aliphatic carbocycles. The van der Waals surface area contributed by atoms with Crippen molar-refractivity contribution in [2.24, 2.45) is 0 Å². The molecule has 0 unspecified atom stereocenters. The van der Waals surface area contributed by atoms with Gasteiger partial charge in [-0.3, -0.25) is 9.69 Å². The Morgan fingerprint density at radius 2 is 1.76 bits per heavy atom. The second kappa shape index (κ2) is 14.4. The van der Waals surface area contributed by atoms with Crippen LogP contribution in [0.5, 0.6) is 5.75 Å². The van der Waals surface area contributed by atoms with E-state index in [1.807, 2.05) is 37.3 Å². The van der Waals surface area contributed by atoms with Crippen LogP contribution in [0.3, 0.4) is 0 Å². The summed E-state index contributed by atoms with van der Waals surface area (Å²) in [5, 5.41) is 10.5. The molecular formula is C33H44ClN8O3P. The van der Waals surface area contributed by atoms with Gasteiger partial charge >= 0.3 is 0 Å². The predicted molar refractivity (Wildman–Crippen MR) is 190 cm³/mol. The maximum atomic E-state index is 13.0. The van der Waals surface area contributed by atoms with E-state index in [1.54, 1.807) is 20.4 Å². The minimum Gasteiger partial charge on any atom is -0.494 e. The fourth-order valence-electron chi connectivity index (χ4n) is 6.00. The van der Waals surface area contributed by atoms with Gasteiger partial charge in [0.15, 0.2) is 5.82 Å². The van der Waals surface area contributed by atoms with Crippen LogP contribution in [0.25, 0.3) is 0 Å². The number of nitrogens with zero attached hydrogens (tertiary/aromatic N) is 5. The number of methoxy groups -OCH3 is 1. The molecule has 2 saturated heterocycles. The smallest absolute Gasteiger partial charge is 0.247 e. The molecule has 1 aromatic heterocycles. The Balaban J connectivity index is 1.40. The van der Waals surface area contributed by atoms with E-state index in [-0.39, 0.29) is 11.9 Å². The molecule has 5 rings (SSSR count). The highest BCUT2D eigenvalue weighted by molar-refractivity contribution is 7.70. The molecule has 46 heavy (non-hydrogen) atoms. The van der Waals surface area contributed by atoms with Crippen molar-refractivity contribution in [3.63, 3.8) is 0 Å². The summed E-state index contributed by atoms with van der Waals surface area (Å²) in [5.41, 5.74) is 3.75. The summed E-state index contributed by atoms with van der Waals surface area (Å²) in [4.78, 5) is 28.8. The molecule has 0 radical (unpaired) electrons. The lowest BCUT2D eigenvalue weighted by molar-refractivity contribution is -0.111. The van der Waals surface area contributed by atoms with Crippen LogP contribution in [0, 0.1) is 6.92 Å². The number of ether oxygens (including phenoxy) is 1. The van der Waals surface area contributed by atoms with Crippen LogP contribution in [0.2, 0.25) is 5.02 Å². The van der Waals surface area contributed by atoms with E-state index < -0.39 is 7.14 Å². The first-order valence-electron chi connectivity index (χ1n) is 15.5. The Hall–Kier alpha value is -3.63. The predicted octanol–water partition coefficient (Wildman–Crippen LogP) is 5.52. The van der Waals surface area contributed by atoms with E-state index in [2.05, 4.69) is 54.2 Å². The maximum Gasteiger partial charge on any atom is 0.247 e. The fourth-order valence-corrected chi connectivity index (χ4v) is 7.36. The number of hydrogen-bond acceptors (Lipinski definition) is 10. The first kappa shape index (κ1) is 33.7. The Morgan fingerprint density at radius 1 is 1.04 bits per heavy atom. The quantitative estimate of drug-likeness (QED) is 0.189. The Labute approximate surface area is 276 Å². The van der Waals surface area contributed by atoms with Crippen LogP contribution in [0.1, 0.15) is 18.4 Å². The molecule has 3 aromatic rings. The van der Waals surface area contributed by atoms with Crippen molar-refractivity contribution in [3.05, 3.63) is 59.8 Å². The number of hydrogen-bond donors (Lipinski definition) is 3. The lowest BCUT2D eigenvalue weighted by Crippen LogP contribution is -2.52. The van der Waals surface area contributed by atoms with Gasteiger partial charge in [-0.1, -0.05) is 29.8 Å². The van der Waals surface area contributed by atoms with Gasteiger partial charge in [0.25, 0.3) is 0 Å². The third kappa shape index (κ3) is 8.01. The number of rotatable bonds is 10. The first-order valence-corrected chi connectivity index (χ1v) is 18.5. The SMILES string of the molecule is C=CC(=O)Nc1cc(Nc2ncc(Cl)c(Nc3ccc(C)cc3P(C)(C)=O)n2)c(OC)cc1N1CCC(N2CCN(C)CC2)CC1. The molecule has 3 heterocycles. The molecular weight excluding hydrogens is 623 g/mol. The minimum atomic E-state index is -2.59. The number of aromatic nitrogens is 2. The molecule has 3 N–H and O–H groups in total. The number of carbonyl (C=O) groups excluding carboxylic acids is 1. The van der Waals surface area contributed by atoms with Crippen LogP contribution in [0.15, 0.2) is 49.2 Å². The van der Waals surface area contributed by atoms with Gasteiger partial charge in [0.1, 0.15) is 17.9 Å². The zero-order chi connectivity index (χ0) is 33.0. The van der Waals surface area contributed by atoms with Gasteiger partial charge in [-0.15, -0.1) is 0 Å². The zero-order valence-corrected chi connectivity index (χ0v) is 28.9. The molecule has 2 aliphatic rings. The van der Waals surface area contributed by atoms with Crippen molar-refractivity contribution in [1.29, 1.82) is 0 Å². The third-order valence-electron chi connectivity index (χ3n) is 8.60. The molecule has 2 fully saturated rings. The van der Waals surface area contributed by atoms with Crippen LogP contribution in [-0.2, 0) is 9.36 Å². The van der Waals surface area contributed by atoms with Crippen LogP contribution in [-0.4, -0.2) is 98.5 Å². The maximum absolute atomic E-state index is 13.0. The van der Waals surface area contributed by atoms with Crippen LogP contribution < -0.4 is 30.9 Å². The van der Waals surface area contributed by atoms with E-state index in [1.165, 1.54) is 12.3 Å². The standard InChI is InChI=1S/C33H44ClN8O3P/c1-7-31(43)36-26-19-27(29(45-4)20-28(26)42-12-10-23(11-13-42)41-16-14-40(3)15-17-41)38-33-35-21-24(34)32(39-33)37-25-9-8-22(2)18-30(25)46(5,6)44/h7-9,18-21,23H,1,10-17H2,2-6H3,(H,36,43)(H2,35,37,38,39). The van der Waals surface area contributed by atoms with Gasteiger partial charge in [-0.2, -0.15) is 4.98 Å². The lowest BCUT2D eigenvalue weighted by Gasteiger charge is -2.43. The zero-order valence-electron chi connectivity index (χ0n) is 27.3. The van der Waals surface area contributed by atoms with Gasteiger partial charge in [0.2, 0.25) is 11.9 Å². The largest absolute Gasteiger partial charge is 0.494 e. The molecule has 1 amide bonds. The Morgan fingerprint density at radius 3 is 2.41 bits per heavy atom. The molecule has 0 spiro atoms. The lowest BCUT2D eigenvalue weighted by atomic mass is 10.0. The van der Waals surface area contributed by atoms with E-state index in [4.69, 9.17) is 16.3 Å². The van der Waals surface area contributed by atoms with Gasteiger partial charge < -0.3 is 35.1 Å². The number of nitrogens with one attached hydrogen (secondary N) is 3. The van der Waals surface area contributed by atoms with Crippen LogP contribution >= 0.6 is 18.7 Å². The highest BCUT2D eigenvalue weighted by Gasteiger charge is 2.28. The molecule has 2 aliphatic heterocycles. The highest BCUT2D eigenvalue weighted by atomic mass is 35.5. The summed E-state index contributed by atoms with van der Waals surface area (Å²) in [6.45, 7) is 15.2. The van der Waals surface area contributed by atoms with Crippen LogP contribution in [0.4, 0.5) is 34.5 Å². The molecule has 13 heteroatoms. The average molecular weight is 667 g/mol. The average Bonchev–Trinajstić information content (AvgIpc) is 3.03. The van der Waals surface area contributed by atoms with E-state index in [0.717, 1.165) is 63.4 Å². The van der Waals surface area contributed by atoms with Gasteiger partial charge in [0.05, 0.1) is 36.1 Å². The number of halogens is 1. The molecule has 2 aromatic carbocycles. The first-order chi connectivity index (χ1) is 21.9. The summed E-state index contributed by atoms with van der Waals surface area (Å²) in [7, 11) is 1.19. The number of piperazine rings is 1. The normalized spacial score (nSPS) is 16.6. The van der Waals surface area contributed by atoms with Gasteiger partial charge in [-0.25, -0.2) is 4.98 Å². The molecule has 246 valence electrons. The monoisotopic (exact) mass is 666 g/mol. The fraction of sp³-hybridized carbons (Fsp3) is 0.424. The molecule has 0 saturated carbocycles. The number of aryl methyl sites for hydroxylation is 1. The Kier molecular flexibility index (Phi) is 10.6. The number of benzene rings is 2.